The topological polar surface area (TPSA) is 86.9 Å². The van der Waals surface area contributed by atoms with Gasteiger partial charge in [-0.15, -0.1) is 0 Å². The standard InChI is InChI=1S/C7H5N3O2S/c1-4(7(11)12)2-5-6(3-8)10-13-9-5/h2H,1H3,(H,11,12)/b4-2-. The van der Waals surface area contributed by atoms with Crippen LogP contribution in [0.1, 0.15) is 18.3 Å². The van der Waals surface area contributed by atoms with Crippen molar-refractivity contribution in [2.45, 2.75) is 6.92 Å². The van der Waals surface area contributed by atoms with Crippen LogP contribution in [0.3, 0.4) is 0 Å². The second kappa shape index (κ2) is 3.78. The highest BCUT2D eigenvalue weighted by Gasteiger charge is 2.07. The van der Waals surface area contributed by atoms with Crippen LogP contribution in [0.15, 0.2) is 5.57 Å². The van der Waals surface area contributed by atoms with E-state index in [2.05, 4.69) is 8.75 Å². The van der Waals surface area contributed by atoms with Crippen LogP contribution in [0, 0.1) is 11.3 Å². The lowest BCUT2D eigenvalue weighted by atomic mass is 10.2. The Kier molecular flexibility index (Phi) is 2.72. The molecule has 0 amide bonds. The van der Waals surface area contributed by atoms with Gasteiger partial charge in [0.15, 0.2) is 5.69 Å². The normalized spacial score (nSPS) is 10.9. The molecule has 0 radical (unpaired) electrons. The molecule has 1 rings (SSSR count). The smallest absolute Gasteiger partial charge is 0.331 e. The largest absolute Gasteiger partial charge is 0.478 e. The van der Waals surface area contributed by atoms with Gasteiger partial charge in [-0.2, -0.15) is 14.0 Å². The molecule has 5 nitrogen and oxygen atoms in total. The van der Waals surface area contributed by atoms with Gasteiger partial charge in [0.2, 0.25) is 0 Å². The number of rotatable bonds is 2. The molecule has 0 fully saturated rings. The van der Waals surface area contributed by atoms with Crippen molar-refractivity contribution in [1.29, 1.82) is 5.26 Å². The third-order valence-electron chi connectivity index (χ3n) is 1.31. The van der Waals surface area contributed by atoms with Gasteiger partial charge >= 0.3 is 5.97 Å². The Balaban J connectivity index is 3.05. The molecule has 0 bridgehead atoms. The molecule has 0 unspecified atom stereocenters. The number of nitrogens with zero attached hydrogens (tertiary/aromatic N) is 3. The minimum atomic E-state index is -1.03. The Morgan fingerprint density at radius 3 is 2.92 bits per heavy atom. The van der Waals surface area contributed by atoms with E-state index in [-0.39, 0.29) is 11.3 Å². The van der Waals surface area contributed by atoms with Crippen LogP contribution < -0.4 is 0 Å². The molecule has 0 saturated carbocycles. The molecule has 0 atom stereocenters. The molecular formula is C7H5N3O2S. The van der Waals surface area contributed by atoms with Crippen molar-refractivity contribution >= 4 is 23.8 Å². The summed E-state index contributed by atoms with van der Waals surface area (Å²) in [5.41, 5.74) is 0.599. The highest BCUT2D eigenvalue weighted by Crippen LogP contribution is 2.09. The Morgan fingerprint density at radius 2 is 2.38 bits per heavy atom. The second-order valence-corrected chi connectivity index (χ2v) is 2.77. The van der Waals surface area contributed by atoms with Crippen molar-refractivity contribution in [2.75, 3.05) is 0 Å². The first-order chi connectivity index (χ1) is 6.15. The van der Waals surface area contributed by atoms with E-state index in [1.54, 1.807) is 0 Å². The number of carboxylic acid groups (broad SMARTS) is 1. The van der Waals surface area contributed by atoms with Crippen LogP contribution in [0.4, 0.5) is 0 Å². The van der Waals surface area contributed by atoms with Crippen molar-refractivity contribution in [3.8, 4) is 6.07 Å². The number of aliphatic carboxylic acids is 1. The number of hydrogen-bond donors (Lipinski definition) is 1. The summed E-state index contributed by atoms with van der Waals surface area (Å²) in [6, 6.07) is 1.82. The first kappa shape index (κ1) is 9.35. The minimum absolute atomic E-state index is 0.129. The van der Waals surface area contributed by atoms with Gasteiger partial charge in [-0.25, -0.2) is 4.79 Å². The lowest BCUT2D eigenvalue weighted by Gasteiger charge is -1.89. The average molecular weight is 195 g/mol. The number of aromatic nitrogens is 2. The summed E-state index contributed by atoms with van der Waals surface area (Å²) in [5, 5.41) is 17.1. The lowest BCUT2D eigenvalue weighted by Crippen LogP contribution is -1.95. The van der Waals surface area contributed by atoms with Crippen molar-refractivity contribution in [1.82, 2.24) is 8.75 Å². The zero-order valence-corrected chi connectivity index (χ0v) is 7.50. The maximum Gasteiger partial charge on any atom is 0.331 e. The Labute approximate surface area is 78.3 Å². The van der Waals surface area contributed by atoms with Gasteiger partial charge in [-0.1, -0.05) is 0 Å². The van der Waals surface area contributed by atoms with Gasteiger partial charge in [0, 0.05) is 5.57 Å². The molecular weight excluding hydrogens is 190 g/mol. The van der Waals surface area contributed by atoms with Crippen molar-refractivity contribution < 1.29 is 9.90 Å². The summed E-state index contributed by atoms with van der Waals surface area (Å²) < 4.78 is 7.46. The SMILES string of the molecule is C/C(=C/c1nsnc1C#N)C(=O)O. The molecule has 66 valence electrons. The Bertz CT molecular complexity index is 402. The van der Waals surface area contributed by atoms with Crippen LogP contribution in [0.25, 0.3) is 6.08 Å². The first-order valence-corrected chi connectivity index (χ1v) is 4.02. The zero-order chi connectivity index (χ0) is 9.84. The van der Waals surface area contributed by atoms with Gasteiger partial charge in [0.05, 0.1) is 11.7 Å². The van der Waals surface area contributed by atoms with Crippen LogP contribution in [0.5, 0.6) is 0 Å². The van der Waals surface area contributed by atoms with E-state index >= 15 is 0 Å². The summed E-state index contributed by atoms with van der Waals surface area (Å²) in [7, 11) is 0. The summed E-state index contributed by atoms with van der Waals surface area (Å²) in [6.07, 6.45) is 1.32. The Morgan fingerprint density at radius 1 is 1.69 bits per heavy atom. The van der Waals surface area contributed by atoms with Gasteiger partial charge < -0.3 is 5.11 Å². The van der Waals surface area contributed by atoms with Crippen LogP contribution >= 0.6 is 11.7 Å². The zero-order valence-electron chi connectivity index (χ0n) is 6.68. The third kappa shape index (κ3) is 2.10. The van der Waals surface area contributed by atoms with Gasteiger partial charge in [-0.3, -0.25) is 0 Å². The highest BCUT2D eigenvalue weighted by atomic mass is 32.1. The van der Waals surface area contributed by atoms with Crippen molar-refractivity contribution in [3.05, 3.63) is 17.0 Å². The molecule has 0 aliphatic rings. The molecule has 13 heavy (non-hydrogen) atoms. The van der Waals surface area contributed by atoms with Crippen LogP contribution in [-0.2, 0) is 4.79 Å². The molecule has 0 aliphatic heterocycles. The first-order valence-electron chi connectivity index (χ1n) is 3.29. The van der Waals surface area contributed by atoms with E-state index in [0.717, 1.165) is 11.7 Å². The number of nitriles is 1. The molecule has 1 aromatic rings. The van der Waals surface area contributed by atoms with Crippen molar-refractivity contribution in [2.24, 2.45) is 0 Å². The van der Waals surface area contributed by atoms with E-state index < -0.39 is 5.97 Å². The molecule has 0 saturated heterocycles. The van der Waals surface area contributed by atoms with Crippen LogP contribution in [0.2, 0.25) is 0 Å². The Hall–Kier alpha value is -1.74. The molecule has 1 heterocycles. The molecule has 0 aromatic carbocycles. The monoisotopic (exact) mass is 195 g/mol. The number of carbonyl (C=O) groups is 1. The van der Waals surface area contributed by atoms with Gasteiger partial charge in [-0.05, 0) is 13.0 Å². The third-order valence-corrected chi connectivity index (χ3v) is 1.85. The van der Waals surface area contributed by atoms with Gasteiger partial charge in [0.25, 0.3) is 0 Å². The maximum atomic E-state index is 10.4. The highest BCUT2D eigenvalue weighted by molar-refractivity contribution is 6.99. The van der Waals surface area contributed by atoms with Gasteiger partial charge in [0.1, 0.15) is 11.8 Å². The van der Waals surface area contributed by atoms with E-state index in [4.69, 9.17) is 10.4 Å². The fourth-order valence-corrected chi connectivity index (χ4v) is 1.12. The van der Waals surface area contributed by atoms with E-state index in [1.807, 2.05) is 6.07 Å². The average Bonchev–Trinajstić information content (AvgIpc) is 2.51. The maximum absolute atomic E-state index is 10.4. The van der Waals surface area contributed by atoms with E-state index in [0.29, 0.717) is 5.69 Å². The number of carboxylic acids is 1. The molecule has 6 heteroatoms. The summed E-state index contributed by atoms with van der Waals surface area (Å²) in [5.74, 6) is -1.03. The van der Waals surface area contributed by atoms with E-state index in [9.17, 15) is 4.79 Å². The summed E-state index contributed by atoms with van der Waals surface area (Å²) >= 11 is 0.884. The quantitative estimate of drug-likeness (QED) is 0.708. The predicted octanol–water partition coefficient (Wildman–Crippen LogP) is 0.898. The summed E-state index contributed by atoms with van der Waals surface area (Å²) in [4.78, 5) is 10.4. The molecule has 0 aliphatic carbocycles. The molecule has 0 spiro atoms. The molecule has 1 aromatic heterocycles. The number of hydrogen-bond acceptors (Lipinski definition) is 5. The molecule has 1 N–H and O–H groups in total. The lowest BCUT2D eigenvalue weighted by molar-refractivity contribution is -0.132. The predicted molar refractivity (Wildman–Crippen MR) is 45.9 cm³/mol. The summed E-state index contributed by atoms with van der Waals surface area (Å²) in [6.45, 7) is 1.43. The van der Waals surface area contributed by atoms with E-state index in [1.165, 1.54) is 13.0 Å². The van der Waals surface area contributed by atoms with Crippen LogP contribution in [-0.4, -0.2) is 19.8 Å². The minimum Gasteiger partial charge on any atom is -0.478 e. The second-order valence-electron chi connectivity index (χ2n) is 2.24. The fraction of sp³-hybridized carbons (Fsp3) is 0.143. The van der Waals surface area contributed by atoms with Crippen molar-refractivity contribution in [3.63, 3.8) is 0 Å². The fourth-order valence-electron chi connectivity index (χ4n) is 0.634.